The monoisotopic (exact) mass is 907 g/mol. The summed E-state index contributed by atoms with van der Waals surface area (Å²) in [6.45, 7) is 4.31. The molecule has 0 aromatic heterocycles. The van der Waals surface area contributed by atoms with Gasteiger partial charge < -0.3 is 18.9 Å². The molecule has 1 N–H and O–H groups in total. The van der Waals surface area contributed by atoms with Crippen molar-refractivity contribution < 1.29 is 42.1 Å². The SMILES string of the molecule is CC/C=C\C/C=C\C/C=C\C/C=C\CCCCCCCCCCCCC(=O)OC(COC(=O)CCCCCCC/C=C\CCCCCCCCC)COP(=O)(O)OCC[N+](C)(C)C. The Labute approximate surface area is 387 Å². The zero-order valence-corrected chi connectivity index (χ0v) is 42.2. The van der Waals surface area contributed by atoms with Crippen molar-refractivity contribution >= 4 is 19.8 Å². The van der Waals surface area contributed by atoms with Gasteiger partial charge in [-0.1, -0.05) is 184 Å². The average molecular weight is 907 g/mol. The van der Waals surface area contributed by atoms with Gasteiger partial charge in [-0.3, -0.25) is 18.6 Å². The van der Waals surface area contributed by atoms with Crippen LogP contribution in [0.15, 0.2) is 60.8 Å². The van der Waals surface area contributed by atoms with Crippen LogP contribution in [-0.4, -0.2) is 74.9 Å². The summed E-state index contributed by atoms with van der Waals surface area (Å²) in [5.41, 5.74) is 0. The van der Waals surface area contributed by atoms with Crippen LogP contribution in [0.2, 0.25) is 0 Å². The molecule has 0 aliphatic heterocycles. The zero-order chi connectivity index (χ0) is 46.4. The number of carbonyl (C=O) groups is 2. The van der Waals surface area contributed by atoms with Crippen LogP contribution in [0.25, 0.3) is 0 Å². The van der Waals surface area contributed by atoms with Crippen LogP contribution < -0.4 is 0 Å². The second kappa shape index (κ2) is 44.9. The van der Waals surface area contributed by atoms with E-state index < -0.39 is 26.5 Å². The fourth-order valence-corrected chi connectivity index (χ4v) is 7.57. The van der Waals surface area contributed by atoms with E-state index in [9.17, 15) is 19.0 Å². The van der Waals surface area contributed by atoms with Crippen molar-refractivity contribution in [1.82, 2.24) is 0 Å². The van der Waals surface area contributed by atoms with Gasteiger partial charge in [-0.15, -0.1) is 0 Å². The van der Waals surface area contributed by atoms with Crippen LogP contribution in [0.5, 0.6) is 0 Å². The standard InChI is InChI=1S/C53H96NO8P/c1-6-8-10-12-14-16-18-20-22-24-25-26-27-28-29-30-32-34-36-38-40-42-44-46-53(56)62-51(50-61-63(57,58)60-48-47-54(3,4)5)49-59-52(55)45-43-41-39-37-35-33-31-23-21-19-17-15-13-11-9-7-2/h8,10,14,16,20,22-23,25-26,31,51H,6-7,9,11-13,15,17-19,21,24,27-30,32-50H2,1-5H3/p+1/b10-8-,16-14-,22-20-,26-25-,31-23-. The van der Waals surface area contributed by atoms with E-state index in [-0.39, 0.29) is 32.0 Å². The number of phosphoric ester groups is 1. The van der Waals surface area contributed by atoms with Crippen molar-refractivity contribution in [3.05, 3.63) is 60.8 Å². The van der Waals surface area contributed by atoms with E-state index in [1.165, 1.54) is 89.9 Å². The fraction of sp³-hybridized carbons (Fsp3) is 0.774. The van der Waals surface area contributed by atoms with Crippen LogP contribution in [0.3, 0.4) is 0 Å². The molecule has 366 valence electrons. The molecular formula is C53H97NO8P+. The number of esters is 2. The maximum absolute atomic E-state index is 12.8. The molecule has 0 aliphatic carbocycles. The Morgan fingerprint density at radius 3 is 1.37 bits per heavy atom. The third kappa shape index (κ3) is 49.0. The summed E-state index contributed by atoms with van der Waals surface area (Å²) in [6, 6.07) is 0. The smallest absolute Gasteiger partial charge is 0.462 e. The molecule has 0 saturated heterocycles. The van der Waals surface area contributed by atoms with Gasteiger partial charge in [-0.25, -0.2) is 4.57 Å². The largest absolute Gasteiger partial charge is 0.472 e. The Kier molecular flexibility index (Phi) is 43.3. The molecular weight excluding hydrogens is 810 g/mol. The number of carbonyl (C=O) groups excluding carboxylic acids is 2. The van der Waals surface area contributed by atoms with Crippen molar-refractivity contribution in [3.63, 3.8) is 0 Å². The molecule has 10 heteroatoms. The molecule has 63 heavy (non-hydrogen) atoms. The van der Waals surface area contributed by atoms with Crippen LogP contribution in [-0.2, 0) is 32.7 Å². The number of quaternary nitrogens is 1. The summed E-state index contributed by atoms with van der Waals surface area (Å²) >= 11 is 0. The summed E-state index contributed by atoms with van der Waals surface area (Å²) < 4.78 is 34.4. The minimum Gasteiger partial charge on any atom is -0.462 e. The van der Waals surface area contributed by atoms with Gasteiger partial charge in [0.25, 0.3) is 0 Å². The third-order valence-corrected chi connectivity index (χ3v) is 11.8. The van der Waals surface area contributed by atoms with Crippen molar-refractivity contribution in [3.8, 4) is 0 Å². The highest BCUT2D eigenvalue weighted by Gasteiger charge is 2.27. The molecule has 2 unspecified atom stereocenters. The molecule has 0 aromatic rings. The number of ether oxygens (including phenoxy) is 2. The molecule has 9 nitrogen and oxygen atoms in total. The van der Waals surface area contributed by atoms with Crippen molar-refractivity contribution in [2.45, 2.75) is 219 Å². The fourth-order valence-electron chi connectivity index (χ4n) is 6.82. The first-order chi connectivity index (χ1) is 30.5. The van der Waals surface area contributed by atoms with Gasteiger partial charge in [-0.05, 0) is 77.0 Å². The Hall–Kier alpha value is -2.29. The van der Waals surface area contributed by atoms with Gasteiger partial charge >= 0.3 is 19.8 Å². The summed E-state index contributed by atoms with van der Waals surface area (Å²) in [4.78, 5) is 35.5. The van der Waals surface area contributed by atoms with Crippen molar-refractivity contribution in [2.24, 2.45) is 0 Å². The highest BCUT2D eigenvalue weighted by Crippen LogP contribution is 2.43. The summed E-state index contributed by atoms with van der Waals surface area (Å²) in [6.07, 6.45) is 55.5. The highest BCUT2D eigenvalue weighted by atomic mass is 31.2. The summed E-state index contributed by atoms with van der Waals surface area (Å²) in [5, 5.41) is 0. The molecule has 0 saturated carbocycles. The van der Waals surface area contributed by atoms with E-state index in [4.69, 9.17) is 18.5 Å². The summed E-state index contributed by atoms with van der Waals surface area (Å²) in [5.74, 6) is -0.811. The quantitative estimate of drug-likeness (QED) is 0.0212. The number of unbranched alkanes of at least 4 members (excludes halogenated alkanes) is 22. The molecule has 0 heterocycles. The van der Waals surface area contributed by atoms with Gasteiger partial charge in [0, 0.05) is 12.8 Å². The van der Waals surface area contributed by atoms with E-state index in [0.29, 0.717) is 17.4 Å². The van der Waals surface area contributed by atoms with Gasteiger partial charge in [0.2, 0.25) is 0 Å². The average Bonchev–Trinajstić information content (AvgIpc) is 3.24. The number of likely N-dealkylation sites (N-methyl/N-ethyl adjacent to an activating group) is 1. The Morgan fingerprint density at radius 1 is 0.508 bits per heavy atom. The van der Waals surface area contributed by atoms with Gasteiger partial charge in [0.05, 0.1) is 27.7 Å². The molecule has 0 aliphatic rings. The Balaban J connectivity index is 4.26. The number of phosphoric acid groups is 1. The molecule has 0 spiro atoms. The second-order valence-electron chi connectivity index (χ2n) is 18.2. The van der Waals surface area contributed by atoms with Crippen molar-refractivity contribution in [2.75, 3.05) is 47.5 Å². The predicted molar refractivity (Wildman–Crippen MR) is 266 cm³/mol. The van der Waals surface area contributed by atoms with E-state index >= 15 is 0 Å². The molecule has 0 bridgehead atoms. The highest BCUT2D eigenvalue weighted by molar-refractivity contribution is 7.47. The van der Waals surface area contributed by atoms with Gasteiger partial charge in [-0.2, -0.15) is 0 Å². The lowest BCUT2D eigenvalue weighted by molar-refractivity contribution is -0.870. The summed E-state index contributed by atoms with van der Waals surface area (Å²) in [7, 11) is 1.47. The van der Waals surface area contributed by atoms with E-state index in [2.05, 4.69) is 74.6 Å². The van der Waals surface area contributed by atoms with Crippen LogP contribution in [0, 0.1) is 0 Å². The lowest BCUT2D eigenvalue weighted by Gasteiger charge is -2.24. The lowest BCUT2D eigenvalue weighted by Crippen LogP contribution is -2.37. The first-order valence-electron chi connectivity index (χ1n) is 25.5. The Morgan fingerprint density at radius 2 is 0.905 bits per heavy atom. The predicted octanol–water partition coefficient (Wildman–Crippen LogP) is 15.2. The van der Waals surface area contributed by atoms with Gasteiger partial charge in [0.1, 0.15) is 19.8 Å². The first-order valence-corrected chi connectivity index (χ1v) is 27.0. The number of hydrogen-bond acceptors (Lipinski definition) is 7. The minimum absolute atomic E-state index is 0.0278. The van der Waals surface area contributed by atoms with Crippen LogP contribution in [0.4, 0.5) is 0 Å². The molecule has 0 amide bonds. The third-order valence-electron chi connectivity index (χ3n) is 10.8. The number of allylic oxidation sites excluding steroid dienone is 10. The molecule has 0 rings (SSSR count). The van der Waals surface area contributed by atoms with E-state index in [1.54, 1.807) is 0 Å². The first kappa shape index (κ1) is 60.7. The second-order valence-corrected chi connectivity index (χ2v) is 19.6. The lowest BCUT2D eigenvalue weighted by atomic mass is 10.0. The van der Waals surface area contributed by atoms with Crippen LogP contribution >= 0.6 is 7.82 Å². The number of hydrogen-bond donors (Lipinski definition) is 1. The number of nitrogens with zero attached hydrogens (tertiary/aromatic N) is 1. The number of rotatable bonds is 46. The molecule has 0 radical (unpaired) electrons. The Bertz CT molecular complexity index is 1250. The molecule has 2 atom stereocenters. The minimum atomic E-state index is -4.38. The van der Waals surface area contributed by atoms with E-state index in [0.717, 1.165) is 89.9 Å². The van der Waals surface area contributed by atoms with Crippen LogP contribution in [0.1, 0.15) is 213 Å². The maximum atomic E-state index is 12.8. The molecule has 0 fully saturated rings. The topological polar surface area (TPSA) is 108 Å². The van der Waals surface area contributed by atoms with E-state index in [1.807, 2.05) is 21.1 Å². The molecule has 0 aromatic carbocycles. The normalized spacial score (nSPS) is 13.9. The van der Waals surface area contributed by atoms with Gasteiger partial charge in [0.15, 0.2) is 6.10 Å². The maximum Gasteiger partial charge on any atom is 0.472 e. The van der Waals surface area contributed by atoms with Crippen molar-refractivity contribution in [1.29, 1.82) is 0 Å². The zero-order valence-electron chi connectivity index (χ0n) is 41.3.